The maximum absolute atomic E-state index is 12.9. The molecule has 2 unspecified atom stereocenters. The SMILES string of the molecule is CCC1CN(CC(F)(F)F)CC1N1Cc2cc3c(NC4CCOCC4)n[nH]c3cc2NC1=O. The Morgan fingerprint density at radius 3 is 2.76 bits per heavy atom. The topological polar surface area (TPSA) is 85.5 Å². The molecular weight excluding hydrogens is 437 g/mol. The minimum Gasteiger partial charge on any atom is -0.381 e. The van der Waals surface area contributed by atoms with E-state index in [9.17, 15) is 18.0 Å². The van der Waals surface area contributed by atoms with Crippen molar-refractivity contribution in [3.63, 3.8) is 0 Å². The molecule has 11 heteroatoms. The molecule has 1 aromatic heterocycles. The first-order chi connectivity index (χ1) is 15.8. The van der Waals surface area contributed by atoms with Crippen molar-refractivity contribution in [2.75, 3.05) is 43.5 Å². The van der Waals surface area contributed by atoms with Gasteiger partial charge in [-0.3, -0.25) is 10.00 Å². The Bertz CT molecular complexity index is 1020. The van der Waals surface area contributed by atoms with E-state index < -0.39 is 12.7 Å². The highest BCUT2D eigenvalue weighted by molar-refractivity contribution is 5.99. The second kappa shape index (κ2) is 8.68. The number of aromatic amines is 1. The summed E-state index contributed by atoms with van der Waals surface area (Å²) < 4.78 is 44.3. The zero-order valence-corrected chi connectivity index (χ0v) is 18.5. The molecule has 3 aliphatic heterocycles. The molecule has 0 radical (unpaired) electrons. The quantitative estimate of drug-likeness (QED) is 0.625. The lowest BCUT2D eigenvalue weighted by Crippen LogP contribution is -2.49. The van der Waals surface area contributed by atoms with Crippen LogP contribution in [0, 0.1) is 5.92 Å². The molecule has 2 amide bonds. The first-order valence-corrected chi connectivity index (χ1v) is 11.5. The van der Waals surface area contributed by atoms with Gasteiger partial charge in [0, 0.05) is 50.0 Å². The van der Waals surface area contributed by atoms with Gasteiger partial charge in [-0.15, -0.1) is 0 Å². The van der Waals surface area contributed by atoms with E-state index in [1.807, 2.05) is 19.1 Å². The third-order valence-corrected chi connectivity index (χ3v) is 7.00. The number of nitrogens with one attached hydrogen (secondary N) is 3. The van der Waals surface area contributed by atoms with Crippen LogP contribution in [0.15, 0.2) is 12.1 Å². The number of ether oxygens (including phenoxy) is 1. The highest BCUT2D eigenvalue weighted by atomic mass is 19.4. The third kappa shape index (κ3) is 4.61. The molecule has 8 nitrogen and oxygen atoms in total. The number of hydrogen-bond acceptors (Lipinski definition) is 5. The van der Waals surface area contributed by atoms with Crippen molar-refractivity contribution in [1.82, 2.24) is 20.0 Å². The van der Waals surface area contributed by atoms with Gasteiger partial charge >= 0.3 is 12.2 Å². The van der Waals surface area contributed by atoms with Gasteiger partial charge in [0.1, 0.15) is 0 Å². The van der Waals surface area contributed by atoms with Crippen LogP contribution >= 0.6 is 0 Å². The number of rotatable bonds is 5. The van der Waals surface area contributed by atoms with E-state index in [0.29, 0.717) is 24.8 Å². The number of nitrogens with zero attached hydrogens (tertiary/aromatic N) is 3. The molecule has 0 aliphatic carbocycles. The van der Waals surface area contributed by atoms with Crippen LogP contribution in [-0.4, -0.2) is 77.1 Å². The number of aromatic nitrogens is 2. The highest BCUT2D eigenvalue weighted by Gasteiger charge is 2.43. The van der Waals surface area contributed by atoms with Crippen LogP contribution in [0.4, 0.5) is 29.5 Å². The first-order valence-electron chi connectivity index (χ1n) is 11.5. The molecule has 3 N–H and O–H groups in total. The summed E-state index contributed by atoms with van der Waals surface area (Å²) in [6, 6.07) is 3.67. The minimum atomic E-state index is -4.25. The molecular formula is C22H29F3N6O2. The van der Waals surface area contributed by atoms with Crippen LogP contribution in [0.1, 0.15) is 31.7 Å². The third-order valence-electron chi connectivity index (χ3n) is 7.00. The van der Waals surface area contributed by atoms with E-state index in [2.05, 4.69) is 20.8 Å². The van der Waals surface area contributed by atoms with E-state index in [4.69, 9.17) is 4.74 Å². The predicted octanol–water partition coefficient (Wildman–Crippen LogP) is 3.77. The van der Waals surface area contributed by atoms with Crippen LogP contribution in [0.3, 0.4) is 0 Å². The number of anilines is 2. The van der Waals surface area contributed by atoms with E-state index in [1.54, 1.807) is 4.90 Å². The Balaban J connectivity index is 1.37. The minimum absolute atomic E-state index is 0.00283. The highest BCUT2D eigenvalue weighted by Crippen LogP contribution is 2.35. The molecule has 33 heavy (non-hydrogen) atoms. The van der Waals surface area contributed by atoms with Gasteiger partial charge in [0.05, 0.1) is 18.1 Å². The van der Waals surface area contributed by atoms with Gasteiger partial charge in [0.2, 0.25) is 0 Å². The predicted molar refractivity (Wildman–Crippen MR) is 118 cm³/mol. The smallest absolute Gasteiger partial charge is 0.381 e. The van der Waals surface area contributed by atoms with Crippen molar-refractivity contribution in [3.8, 4) is 0 Å². The number of likely N-dealkylation sites (tertiary alicyclic amines) is 1. The molecule has 0 bridgehead atoms. The van der Waals surface area contributed by atoms with Crippen LogP contribution in [-0.2, 0) is 11.3 Å². The molecule has 4 heterocycles. The largest absolute Gasteiger partial charge is 0.401 e. The van der Waals surface area contributed by atoms with Gasteiger partial charge in [-0.1, -0.05) is 13.3 Å². The number of hydrogen-bond donors (Lipinski definition) is 3. The second-order valence-corrected chi connectivity index (χ2v) is 9.26. The molecule has 0 spiro atoms. The normalized spacial score (nSPS) is 24.8. The summed E-state index contributed by atoms with van der Waals surface area (Å²) in [7, 11) is 0. The van der Waals surface area contributed by atoms with Gasteiger partial charge in [0.25, 0.3) is 0 Å². The summed E-state index contributed by atoms with van der Waals surface area (Å²) in [5.74, 6) is 0.773. The molecule has 180 valence electrons. The number of H-pyrrole nitrogens is 1. The fraction of sp³-hybridized carbons (Fsp3) is 0.636. The average Bonchev–Trinajstić information content (AvgIpc) is 3.34. The second-order valence-electron chi connectivity index (χ2n) is 9.26. The van der Waals surface area contributed by atoms with Crippen molar-refractivity contribution < 1.29 is 22.7 Å². The molecule has 0 saturated carbocycles. The van der Waals surface area contributed by atoms with Gasteiger partial charge in [-0.05, 0) is 36.5 Å². The number of amides is 2. The number of carbonyl (C=O) groups is 1. The Kier molecular flexibility index (Phi) is 5.86. The number of fused-ring (bicyclic) bond motifs is 2. The lowest BCUT2D eigenvalue weighted by molar-refractivity contribution is -0.144. The van der Waals surface area contributed by atoms with Gasteiger partial charge < -0.3 is 20.3 Å². The molecule has 1 aromatic carbocycles. The number of halogens is 3. The number of alkyl halides is 3. The van der Waals surface area contributed by atoms with Crippen molar-refractivity contribution >= 4 is 28.4 Å². The molecule has 3 aliphatic rings. The molecule has 2 fully saturated rings. The Labute approximate surface area is 189 Å². The van der Waals surface area contributed by atoms with Crippen LogP contribution in [0.5, 0.6) is 0 Å². The van der Waals surface area contributed by atoms with Crippen molar-refractivity contribution in [1.29, 1.82) is 0 Å². The Morgan fingerprint density at radius 1 is 1.24 bits per heavy atom. The van der Waals surface area contributed by atoms with Crippen LogP contribution < -0.4 is 10.6 Å². The maximum atomic E-state index is 12.9. The maximum Gasteiger partial charge on any atom is 0.401 e. The average molecular weight is 467 g/mol. The lowest BCUT2D eigenvalue weighted by Gasteiger charge is -2.36. The molecule has 2 saturated heterocycles. The molecule has 5 rings (SSSR count). The summed E-state index contributed by atoms with van der Waals surface area (Å²) in [6.07, 6.45) is -1.70. The van der Waals surface area contributed by atoms with E-state index in [0.717, 1.165) is 54.8 Å². The van der Waals surface area contributed by atoms with E-state index in [1.165, 1.54) is 4.90 Å². The van der Waals surface area contributed by atoms with Crippen molar-refractivity contribution in [2.45, 2.75) is 51.0 Å². The van der Waals surface area contributed by atoms with Gasteiger partial charge in [0.15, 0.2) is 5.82 Å². The van der Waals surface area contributed by atoms with E-state index >= 15 is 0 Å². The van der Waals surface area contributed by atoms with Crippen LogP contribution in [0.2, 0.25) is 0 Å². The fourth-order valence-corrected chi connectivity index (χ4v) is 5.29. The summed E-state index contributed by atoms with van der Waals surface area (Å²) >= 11 is 0. The number of benzene rings is 1. The summed E-state index contributed by atoms with van der Waals surface area (Å²) in [5.41, 5.74) is 2.46. The number of carbonyl (C=O) groups excluding carboxylic acids is 1. The lowest BCUT2D eigenvalue weighted by atomic mass is 9.97. The van der Waals surface area contributed by atoms with Crippen LogP contribution in [0.25, 0.3) is 10.9 Å². The fourth-order valence-electron chi connectivity index (χ4n) is 5.29. The zero-order valence-electron chi connectivity index (χ0n) is 18.5. The Hall–Kier alpha value is -2.53. The Morgan fingerprint density at radius 2 is 2.03 bits per heavy atom. The van der Waals surface area contributed by atoms with E-state index in [-0.39, 0.29) is 24.5 Å². The molecule has 2 atom stereocenters. The van der Waals surface area contributed by atoms with Gasteiger partial charge in [-0.2, -0.15) is 18.3 Å². The zero-order chi connectivity index (χ0) is 23.2. The number of urea groups is 1. The van der Waals surface area contributed by atoms with Crippen molar-refractivity contribution in [3.05, 3.63) is 17.7 Å². The summed E-state index contributed by atoms with van der Waals surface area (Å²) in [4.78, 5) is 16.0. The molecule has 2 aromatic rings. The first kappa shape index (κ1) is 22.3. The summed E-state index contributed by atoms with van der Waals surface area (Å²) in [5, 5.41) is 14.8. The summed E-state index contributed by atoms with van der Waals surface area (Å²) in [6.45, 7) is 3.41. The monoisotopic (exact) mass is 466 g/mol. The van der Waals surface area contributed by atoms with Gasteiger partial charge in [-0.25, -0.2) is 4.79 Å². The standard InChI is InChI=1S/C22H29F3N6O2/c1-2-13-9-30(12-22(23,24)25)11-19(13)31-10-14-7-16-18(8-17(14)27-21(31)32)28-29-20(16)26-15-3-5-33-6-4-15/h7-8,13,15,19H,2-6,9-12H2,1H3,(H,27,32)(H2,26,28,29). The van der Waals surface area contributed by atoms with Crippen molar-refractivity contribution in [2.24, 2.45) is 5.92 Å².